The maximum Gasteiger partial charge on any atom is 0.0620 e. The summed E-state index contributed by atoms with van der Waals surface area (Å²) in [5.74, 6) is 0. The summed E-state index contributed by atoms with van der Waals surface area (Å²) in [5, 5.41) is 1.56. The minimum atomic E-state index is -0.201. The van der Waals surface area contributed by atoms with Gasteiger partial charge in [0.1, 0.15) is 0 Å². The Hall–Kier alpha value is -1.34. The van der Waals surface area contributed by atoms with Crippen molar-refractivity contribution < 1.29 is 0 Å². The number of hydrogen-bond acceptors (Lipinski definition) is 0. The summed E-state index contributed by atoms with van der Waals surface area (Å²) in [5.41, 5.74) is 3.56. The Kier molecular flexibility index (Phi) is 3.57. The van der Waals surface area contributed by atoms with E-state index in [2.05, 4.69) is 68.4 Å². The van der Waals surface area contributed by atoms with Crippen molar-refractivity contribution in [1.29, 1.82) is 0 Å². The Morgan fingerprint density at radius 3 is 2.12 bits per heavy atom. The van der Waals surface area contributed by atoms with Gasteiger partial charge in [0.2, 0.25) is 0 Å². The first-order valence-electron chi connectivity index (χ1n) is 5.86. The average molecular weight is 226 g/mol. The van der Waals surface area contributed by atoms with E-state index in [9.17, 15) is 0 Å². The third-order valence-electron chi connectivity index (χ3n) is 3.03. The topological polar surface area (TPSA) is 0 Å². The van der Waals surface area contributed by atoms with Crippen molar-refractivity contribution in [2.45, 2.75) is 19.4 Å². The molecule has 0 saturated carbocycles. The molecule has 0 aliphatic rings. The molecule has 0 heterocycles. The van der Waals surface area contributed by atoms with Gasteiger partial charge < -0.3 is 0 Å². The second-order valence-electron chi connectivity index (χ2n) is 4.50. The zero-order valence-corrected chi connectivity index (χ0v) is 11.4. The molecule has 0 radical (unpaired) electrons. The smallest absolute Gasteiger partial charge is 0.0620 e. The molecular weight excluding hydrogens is 208 g/mol. The van der Waals surface area contributed by atoms with E-state index in [1.807, 2.05) is 0 Å². The van der Waals surface area contributed by atoms with Gasteiger partial charge in [-0.3, -0.25) is 0 Å². The molecule has 1 atom stereocenters. The molecule has 0 nitrogen and oxygen atoms in total. The molecule has 0 amide bonds. The third-order valence-corrected chi connectivity index (χ3v) is 5.06. The molecule has 2 aromatic carbocycles. The number of aryl methyl sites for hydroxylation is 1. The van der Waals surface area contributed by atoms with Crippen molar-refractivity contribution in [3.05, 3.63) is 65.7 Å². The highest BCUT2D eigenvalue weighted by molar-refractivity contribution is 6.54. The van der Waals surface area contributed by atoms with Crippen molar-refractivity contribution in [3.63, 3.8) is 0 Å². The van der Waals surface area contributed by atoms with Crippen LogP contribution in [0.15, 0.2) is 54.6 Å². The minimum absolute atomic E-state index is 0.201. The molecule has 1 heteroatoms. The van der Waals surface area contributed by atoms with Gasteiger partial charge in [0.15, 0.2) is 0 Å². The molecule has 0 N–H and O–H groups in total. The predicted octanol–water partition coefficient (Wildman–Crippen LogP) is 2.55. The zero-order valence-electron chi connectivity index (χ0n) is 9.98. The van der Waals surface area contributed by atoms with E-state index in [-0.39, 0.29) is 9.52 Å². The zero-order chi connectivity index (χ0) is 11.4. The van der Waals surface area contributed by atoms with Gasteiger partial charge >= 0.3 is 0 Å². The van der Waals surface area contributed by atoms with Crippen molar-refractivity contribution in [2.75, 3.05) is 0 Å². The number of benzene rings is 2. The molecule has 2 rings (SSSR count). The summed E-state index contributed by atoms with van der Waals surface area (Å²) in [6.45, 7) is 4.49. The Bertz CT molecular complexity index is 431. The van der Waals surface area contributed by atoms with Crippen LogP contribution in [-0.4, -0.2) is 9.52 Å². The lowest BCUT2D eigenvalue weighted by molar-refractivity contribution is 1.07. The maximum absolute atomic E-state index is 2.35. The Balaban J connectivity index is 2.08. The van der Waals surface area contributed by atoms with Crippen LogP contribution in [0.25, 0.3) is 0 Å². The van der Waals surface area contributed by atoms with Gasteiger partial charge in [0.25, 0.3) is 0 Å². The van der Waals surface area contributed by atoms with Crippen LogP contribution in [0.5, 0.6) is 0 Å². The monoisotopic (exact) mass is 226 g/mol. The molecule has 0 fully saturated rings. The van der Waals surface area contributed by atoms with E-state index >= 15 is 0 Å². The standard InChI is InChI=1S/C15H18Si/c1-12-8-10-15(11-9-12)16-13(2)14-6-4-3-5-7-14/h3-11,13H,16H2,1-2H3. The van der Waals surface area contributed by atoms with Crippen LogP contribution in [0.4, 0.5) is 0 Å². The van der Waals surface area contributed by atoms with Gasteiger partial charge in [0.05, 0.1) is 9.52 Å². The van der Waals surface area contributed by atoms with Crippen molar-refractivity contribution in [3.8, 4) is 0 Å². The van der Waals surface area contributed by atoms with Gasteiger partial charge in [-0.25, -0.2) is 0 Å². The fourth-order valence-electron chi connectivity index (χ4n) is 1.98. The quantitative estimate of drug-likeness (QED) is 0.706. The largest absolute Gasteiger partial charge is 0.0663 e. The van der Waals surface area contributed by atoms with Crippen LogP contribution in [-0.2, 0) is 0 Å². The lowest BCUT2D eigenvalue weighted by Crippen LogP contribution is -2.19. The highest BCUT2D eigenvalue weighted by atomic mass is 28.2. The summed E-state index contributed by atoms with van der Waals surface area (Å²) in [4.78, 5) is 0. The first-order chi connectivity index (χ1) is 7.75. The van der Waals surface area contributed by atoms with Gasteiger partial charge in [-0.2, -0.15) is 0 Å². The molecule has 1 unspecified atom stereocenters. The molecule has 0 saturated heterocycles. The fourth-order valence-corrected chi connectivity index (χ4v) is 3.70. The molecule has 2 aromatic rings. The molecule has 0 bridgehead atoms. The van der Waals surface area contributed by atoms with Crippen LogP contribution >= 0.6 is 0 Å². The van der Waals surface area contributed by atoms with Gasteiger partial charge in [0, 0.05) is 0 Å². The highest BCUT2D eigenvalue weighted by Crippen LogP contribution is 2.12. The third kappa shape index (κ3) is 2.83. The summed E-state index contributed by atoms with van der Waals surface area (Å²) in [6, 6.07) is 19.9. The summed E-state index contributed by atoms with van der Waals surface area (Å²) < 4.78 is 0. The second kappa shape index (κ2) is 5.13. The molecular formula is C15H18Si. The number of rotatable bonds is 3. The van der Waals surface area contributed by atoms with Crippen LogP contribution in [0, 0.1) is 6.92 Å². The molecule has 0 spiro atoms. The Morgan fingerprint density at radius 2 is 1.50 bits per heavy atom. The Labute approximate surface area is 100 Å². The highest BCUT2D eigenvalue weighted by Gasteiger charge is 2.06. The van der Waals surface area contributed by atoms with E-state index in [0.29, 0.717) is 0 Å². The van der Waals surface area contributed by atoms with Crippen molar-refractivity contribution >= 4 is 14.7 Å². The second-order valence-corrected chi connectivity index (χ2v) is 6.95. The first kappa shape index (κ1) is 11.2. The molecule has 0 aliphatic carbocycles. The summed E-state index contributed by atoms with van der Waals surface area (Å²) >= 11 is 0. The van der Waals surface area contributed by atoms with Crippen LogP contribution in [0.3, 0.4) is 0 Å². The SMILES string of the molecule is Cc1ccc([SiH2]C(C)c2ccccc2)cc1. The molecule has 82 valence electrons. The lowest BCUT2D eigenvalue weighted by Gasteiger charge is -2.11. The van der Waals surface area contributed by atoms with Crippen molar-refractivity contribution in [2.24, 2.45) is 0 Å². The number of hydrogen-bond donors (Lipinski definition) is 0. The van der Waals surface area contributed by atoms with Crippen LogP contribution < -0.4 is 5.19 Å². The normalized spacial score (nSPS) is 13.1. The van der Waals surface area contributed by atoms with Gasteiger partial charge in [-0.15, -0.1) is 0 Å². The molecule has 0 aliphatic heterocycles. The van der Waals surface area contributed by atoms with Crippen LogP contribution in [0.1, 0.15) is 23.6 Å². The van der Waals surface area contributed by atoms with E-state index in [0.717, 1.165) is 5.54 Å². The van der Waals surface area contributed by atoms with Crippen molar-refractivity contribution in [1.82, 2.24) is 0 Å². The van der Waals surface area contributed by atoms with E-state index in [1.165, 1.54) is 11.1 Å². The summed E-state index contributed by atoms with van der Waals surface area (Å²) in [6.07, 6.45) is 0. The minimum Gasteiger partial charge on any atom is -0.0663 e. The predicted molar refractivity (Wildman–Crippen MR) is 74.2 cm³/mol. The van der Waals surface area contributed by atoms with E-state index in [4.69, 9.17) is 0 Å². The first-order valence-corrected chi connectivity index (χ1v) is 7.38. The Morgan fingerprint density at radius 1 is 0.875 bits per heavy atom. The average Bonchev–Trinajstić information content (AvgIpc) is 2.33. The van der Waals surface area contributed by atoms with Crippen LogP contribution in [0.2, 0.25) is 0 Å². The van der Waals surface area contributed by atoms with Gasteiger partial charge in [-0.05, 0) is 18.0 Å². The van der Waals surface area contributed by atoms with E-state index < -0.39 is 0 Å². The van der Waals surface area contributed by atoms with E-state index in [1.54, 1.807) is 5.19 Å². The summed E-state index contributed by atoms with van der Waals surface area (Å²) in [7, 11) is -0.201. The maximum atomic E-state index is 2.35. The van der Waals surface area contributed by atoms with Gasteiger partial charge in [-0.1, -0.05) is 72.3 Å². The molecule has 0 aromatic heterocycles. The molecule has 16 heavy (non-hydrogen) atoms. The lowest BCUT2D eigenvalue weighted by atomic mass is 10.2. The fraction of sp³-hybridized carbons (Fsp3) is 0.200.